The van der Waals surface area contributed by atoms with E-state index in [0.717, 1.165) is 0 Å². The van der Waals surface area contributed by atoms with Gasteiger partial charge >= 0.3 is 5.97 Å². The van der Waals surface area contributed by atoms with Gasteiger partial charge in [0, 0.05) is 12.1 Å². The predicted molar refractivity (Wildman–Crippen MR) is 54.6 cm³/mol. The molecule has 1 atom stereocenters. The first-order chi connectivity index (χ1) is 7.20. The zero-order chi connectivity index (χ0) is 10.8. The van der Waals surface area contributed by atoms with E-state index in [1.165, 1.54) is 4.90 Å². The summed E-state index contributed by atoms with van der Waals surface area (Å²) in [4.78, 5) is 23.9. The summed E-state index contributed by atoms with van der Waals surface area (Å²) < 4.78 is 0. The van der Waals surface area contributed by atoms with Gasteiger partial charge in [0.15, 0.2) is 0 Å². The Labute approximate surface area is 87.1 Å². The van der Waals surface area contributed by atoms with Crippen LogP contribution in [0.2, 0.25) is 0 Å². The number of carbonyl (C=O) groups is 2. The lowest BCUT2D eigenvalue weighted by Crippen LogP contribution is -2.38. The molecule has 0 saturated carbocycles. The van der Waals surface area contributed by atoms with E-state index < -0.39 is 12.0 Å². The molecule has 1 N–H and O–H groups in total. The van der Waals surface area contributed by atoms with Crippen molar-refractivity contribution in [3.8, 4) is 0 Å². The third-order valence-corrected chi connectivity index (χ3v) is 2.53. The van der Waals surface area contributed by atoms with Crippen LogP contribution in [0.15, 0.2) is 30.3 Å². The van der Waals surface area contributed by atoms with Gasteiger partial charge in [0.2, 0.25) is 5.91 Å². The Kier molecular flexibility index (Phi) is 2.41. The number of para-hydroxylation sites is 1. The molecule has 1 aliphatic rings. The molecule has 0 bridgehead atoms. The summed E-state index contributed by atoms with van der Waals surface area (Å²) in [6.07, 6.45) is 0.703. The molecule has 15 heavy (non-hydrogen) atoms. The second kappa shape index (κ2) is 3.73. The number of hydrogen-bond donors (Lipinski definition) is 1. The van der Waals surface area contributed by atoms with Gasteiger partial charge in [0.25, 0.3) is 0 Å². The summed E-state index contributed by atoms with van der Waals surface area (Å²) in [7, 11) is 0. The molecular formula is C11H11NO3. The van der Waals surface area contributed by atoms with Gasteiger partial charge < -0.3 is 5.11 Å². The van der Waals surface area contributed by atoms with Crippen LogP contribution in [0, 0.1) is 0 Å². The molecule has 0 spiro atoms. The average molecular weight is 205 g/mol. The summed E-state index contributed by atoms with van der Waals surface area (Å²) in [6, 6.07) is 8.21. The molecule has 1 unspecified atom stereocenters. The summed E-state index contributed by atoms with van der Waals surface area (Å²) in [5.74, 6) is -1.06. The lowest BCUT2D eigenvalue weighted by molar-refractivity contribution is -0.138. The van der Waals surface area contributed by atoms with Crippen LogP contribution in [0.25, 0.3) is 0 Å². The van der Waals surface area contributed by atoms with Crippen LogP contribution < -0.4 is 4.90 Å². The molecule has 1 aromatic carbocycles. The lowest BCUT2D eigenvalue weighted by atomic mass is 10.2. The van der Waals surface area contributed by atoms with E-state index >= 15 is 0 Å². The molecular weight excluding hydrogens is 194 g/mol. The minimum atomic E-state index is -0.940. The van der Waals surface area contributed by atoms with Crippen molar-refractivity contribution in [3.05, 3.63) is 30.3 Å². The summed E-state index contributed by atoms with van der Waals surface area (Å²) in [6.45, 7) is 0. The van der Waals surface area contributed by atoms with E-state index in [9.17, 15) is 9.59 Å². The number of hydrogen-bond acceptors (Lipinski definition) is 2. The van der Waals surface area contributed by atoms with E-state index in [2.05, 4.69) is 0 Å². The van der Waals surface area contributed by atoms with Gasteiger partial charge in [-0.05, 0) is 18.6 Å². The number of carboxylic acids is 1. The number of carbonyl (C=O) groups excluding carboxylic acids is 1. The van der Waals surface area contributed by atoms with Crippen LogP contribution in [-0.4, -0.2) is 23.0 Å². The topological polar surface area (TPSA) is 57.6 Å². The van der Waals surface area contributed by atoms with Gasteiger partial charge in [-0.3, -0.25) is 9.69 Å². The fourth-order valence-electron chi connectivity index (χ4n) is 1.83. The SMILES string of the molecule is O=C(O)C1CCC(=O)N1c1ccccc1. The first-order valence-electron chi connectivity index (χ1n) is 4.80. The molecule has 4 heteroatoms. The van der Waals surface area contributed by atoms with Crippen molar-refractivity contribution in [1.82, 2.24) is 0 Å². The molecule has 0 radical (unpaired) electrons. The van der Waals surface area contributed by atoms with Crippen molar-refractivity contribution >= 4 is 17.6 Å². The highest BCUT2D eigenvalue weighted by molar-refractivity contribution is 6.02. The number of anilines is 1. The fraction of sp³-hybridized carbons (Fsp3) is 0.273. The van der Waals surface area contributed by atoms with Crippen molar-refractivity contribution < 1.29 is 14.7 Å². The second-order valence-electron chi connectivity index (χ2n) is 3.49. The second-order valence-corrected chi connectivity index (χ2v) is 3.49. The highest BCUT2D eigenvalue weighted by atomic mass is 16.4. The molecule has 1 heterocycles. The first kappa shape index (κ1) is 9.71. The zero-order valence-corrected chi connectivity index (χ0v) is 8.09. The molecule has 1 aliphatic heterocycles. The maximum Gasteiger partial charge on any atom is 0.326 e. The third-order valence-electron chi connectivity index (χ3n) is 2.53. The average Bonchev–Trinajstić information content (AvgIpc) is 2.61. The Morgan fingerprint density at radius 3 is 2.60 bits per heavy atom. The van der Waals surface area contributed by atoms with E-state index in [0.29, 0.717) is 18.5 Å². The molecule has 1 aromatic rings. The van der Waals surface area contributed by atoms with Gasteiger partial charge in [-0.2, -0.15) is 0 Å². The summed E-state index contributed by atoms with van der Waals surface area (Å²) in [5, 5.41) is 8.97. The maximum absolute atomic E-state index is 11.6. The minimum Gasteiger partial charge on any atom is -0.480 e. The maximum atomic E-state index is 11.6. The molecule has 78 valence electrons. The van der Waals surface area contributed by atoms with Gasteiger partial charge in [-0.25, -0.2) is 4.79 Å². The largest absolute Gasteiger partial charge is 0.480 e. The van der Waals surface area contributed by atoms with Crippen LogP contribution >= 0.6 is 0 Å². The Hall–Kier alpha value is -1.84. The normalized spacial score (nSPS) is 20.7. The van der Waals surface area contributed by atoms with Crippen molar-refractivity contribution in [2.24, 2.45) is 0 Å². The Bertz CT molecular complexity index is 388. The number of rotatable bonds is 2. The number of amides is 1. The van der Waals surface area contributed by atoms with Crippen molar-refractivity contribution in [3.63, 3.8) is 0 Å². The standard InChI is InChI=1S/C11H11NO3/c13-10-7-6-9(11(14)15)12(10)8-4-2-1-3-5-8/h1-5,9H,6-7H2,(H,14,15). The van der Waals surface area contributed by atoms with E-state index in [1.54, 1.807) is 24.3 Å². The van der Waals surface area contributed by atoms with Gasteiger partial charge in [-0.15, -0.1) is 0 Å². The van der Waals surface area contributed by atoms with E-state index in [1.807, 2.05) is 6.07 Å². The minimum absolute atomic E-state index is 0.117. The van der Waals surface area contributed by atoms with Crippen molar-refractivity contribution in [1.29, 1.82) is 0 Å². The first-order valence-corrected chi connectivity index (χ1v) is 4.80. The third kappa shape index (κ3) is 1.70. The number of aliphatic carboxylic acids is 1. The predicted octanol–water partition coefficient (Wildman–Crippen LogP) is 1.27. The highest BCUT2D eigenvalue weighted by Crippen LogP contribution is 2.26. The van der Waals surface area contributed by atoms with Crippen molar-refractivity contribution in [2.75, 3.05) is 4.90 Å². The van der Waals surface area contributed by atoms with E-state index in [-0.39, 0.29) is 5.91 Å². The number of carboxylic acid groups (broad SMARTS) is 1. The van der Waals surface area contributed by atoms with Gasteiger partial charge in [0.1, 0.15) is 6.04 Å². The molecule has 0 aliphatic carbocycles. The monoisotopic (exact) mass is 205 g/mol. The van der Waals surface area contributed by atoms with Crippen LogP contribution in [0.1, 0.15) is 12.8 Å². The van der Waals surface area contributed by atoms with Gasteiger partial charge in [-0.1, -0.05) is 18.2 Å². The van der Waals surface area contributed by atoms with Crippen LogP contribution in [0.3, 0.4) is 0 Å². The summed E-state index contributed by atoms with van der Waals surface area (Å²) in [5.41, 5.74) is 0.660. The molecule has 2 rings (SSSR count). The molecule has 0 aromatic heterocycles. The van der Waals surface area contributed by atoms with Crippen LogP contribution in [0.4, 0.5) is 5.69 Å². The van der Waals surface area contributed by atoms with Crippen LogP contribution in [0.5, 0.6) is 0 Å². The Morgan fingerprint density at radius 2 is 2.00 bits per heavy atom. The quantitative estimate of drug-likeness (QED) is 0.790. The zero-order valence-electron chi connectivity index (χ0n) is 8.09. The highest BCUT2D eigenvalue weighted by Gasteiger charge is 2.36. The smallest absolute Gasteiger partial charge is 0.326 e. The Balaban J connectivity index is 2.33. The lowest BCUT2D eigenvalue weighted by Gasteiger charge is -2.21. The molecule has 1 saturated heterocycles. The molecule has 1 fully saturated rings. The summed E-state index contributed by atoms with van der Waals surface area (Å²) >= 11 is 0. The van der Waals surface area contributed by atoms with Crippen LogP contribution in [-0.2, 0) is 9.59 Å². The molecule has 4 nitrogen and oxygen atoms in total. The Morgan fingerprint density at radius 1 is 1.33 bits per heavy atom. The number of benzene rings is 1. The fourth-order valence-corrected chi connectivity index (χ4v) is 1.83. The number of nitrogens with zero attached hydrogens (tertiary/aromatic N) is 1. The van der Waals surface area contributed by atoms with Gasteiger partial charge in [0.05, 0.1) is 0 Å². The molecule has 1 amide bonds. The van der Waals surface area contributed by atoms with Crippen molar-refractivity contribution in [2.45, 2.75) is 18.9 Å². The van der Waals surface area contributed by atoms with E-state index in [4.69, 9.17) is 5.11 Å².